The van der Waals surface area contributed by atoms with Crippen LogP contribution in [0.4, 0.5) is 5.69 Å². The van der Waals surface area contributed by atoms with Gasteiger partial charge in [-0.25, -0.2) is 0 Å². The van der Waals surface area contributed by atoms with Crippen molar-refractivity contribution in [3.63, 3.8) is 0 Å². The molecule has 0 fully saturated rings. The predicted octanol–water partition coefficient (Wildman–Crippen LogP) is 4.62. The summed E-state index contributed by atoms with van der Waals surface area (Å²) in [6.07, 6.45) is 6.90. The average molecular weight is 491 g/mol. The second-order valence-corrected chi connectivity index (χ2v) is 11.3. The third-order valence-electron chi connectivity index (χ3n) is 7.61. The zero-order valence-corrected chi connectivity index (χ0v) is 24.1. The monoisotopic (exact) mass is 490 g/mol. The number of nitrogens with one attached hydrogen (secondary N) is 1. The molecule has 0 aliphatic carbocycles. The number of fused-ring (bicyclic) bond motifs is 1. The van der Waals surface area contributed by atoms with E-state index in [1.54, 1.807) is 0 Å². The Labute approximate surface area is 219 Å². The lowest BCUT2D eigenvalue weighted by Gasteiger charge is -2.31. The van der Waals surface area contributed by atoms with Gasteiger partial charge in [-0.2, -0.15) is 0 Å². The highest BCUT2D eigenvalue weighted by Gasteiger charge is 2.37. The van der Waals surface area contributed by atoms with Gasteiger partial charge < -0.3 is 12.4 Å². The Bertz CT molecular complexity index is 1160. The Hall–Kier alpha value is -2.29. The van der Waals surface area contributed by atoms with E-state index in [1.807, 2.05) is 0 Å². The lowest BCUT2D eigenvalue weighted by molar-refractivity contribution is -0.791. The lowest BCUT2D eigenvalue weighted by atomic mass is 9.82. The van der Waals surface area contributed by atoms with E-state index in [-0.39, 0.29) is 12.4 Å². The number of quaternary nitrogens is 1. The van der Waals surface area contributed by atoms with Gasteiger partial charge in [0.25, 0.3) is 0 Å². The smallest absolute Gasteiger partial charge is 0.166 e. The van der Waals surface area contributed by atoms with Crippen molar-refractivity contribution in [1.82, 2.24) is 4.90 Å². The largest absolute Gasteiger partial charge is 1.00 e. The zero-order chi connectivity index (χ0) is 24.9. The number of hydrogen-bond donors (Lipinski definition) is 1. The highest BCUT2D eigenvalue weighted by atomic mass is 35.5. The zero-order valence-electron chi connectivity index (χ0n) is 23.3. The molecule has 2 aliphatic rings. The molecule has 0 amide bonds. The van der Waals surface area contributed by atoms with E-state index in [4.69, 9.17) is 0 Å². The molecule has 2 aromatic carbocycles. The van der Waals surface area contributed by atoms with Gasteiger partial charge >= 0.3 is 0 Å². The van der Waals surface area contributed by atoms with Gasteiger partial charge in [-0.1, -0.05) is 77.4 Å². The highest BCUT2D eigenvalue weighted by molar-refractivity contribution is 5.76. The summed E-state index contributed by atoms with van der Waals surface area (Å²) < 4.78 is 0. The highest BCUT2D eigenvalue weighted by Crippen LogP contribution is 2.40. The number of aryl methyl sites for hydroxylation is 3. The van der Waals surface area contributed by atoms with Crippen molar-refractivity contribution in [1.29, 1.82) is 0 Å². The molecule has 2 nitrogen and oxygen atoms in total. The van der Waals surface area contributed by atoms with Gasteiger partial charge in [0, 0.05) is 23.6 Å². The van der Waals surface area contributed by atoms with Gasteiger partial charge in [0.15, 0.2) is 6.67 Å². The molecule has 1 N–H and O–H groups in total. The van der Waals surface area contributed by atoms with Crippen molar-refractivity contribution in [3.8, 4) is 0 Å². The first-order valence-electron chi connectivity index (χ1n) is 13.0. The van der Waals surface area contributed by atoms with E-state index in [2.05, 4.69) is 117 Å². The summed E-state index contributed by atoms with van der Waals surface area (Å²) in [6, 6.07) is 9.60. The van der Waals surface area contributed by atoms with Gasteiger partial charge in [-0.05, 0) is 67.4 Å². The first-order valence-corrected chi connectivity index (χ1v) is 13.0. The molecule has 1 unspecified atom stereocenters. The molecule has 2 aromatic rings. The number of nitrogens with zero attached hydrogens (tertiary/aromatic N) is 1. The molecule has 1 atom stereocenters. The van der Waals surface area contributed by atoms with Crippen molar-refractivity contribution >= 4 is 11.4 Å². The third kappa shape index (κ3) is 4.88. The van der Waals surface area contributed by atoms with Crippen LogP contribution in [0, 0.1) is 20.8 Å². The van der Waals surface area contributed by atoms with Crippen LogP contribution in [-0.2, 0) is 0 Å². The van der Waals surface area contributed by atoms with Gasteiger partial charge in [0.05, 0.1) is 5.70 Å². The molecule has 4 rings (SSSR count). The number of halogens is 1. The quantitative estimate of drug-likeness (QED) is 0.642. The molecule has 35 heavy (non-hydrogen) atoms. The van der Waals surface area contributed by atoms with E-state index >= 15 is 0 Å². The van der Waals surface area contributed by atoms with Crippen LogP contribution in [0.5, 0.6) is 0 Å². The minimum absolute atomic E-state index is 0. The molecule has 0 aromatic heterocycles. The van der Waals surface area contributed by atoms with Crippen molar-refractivity contribution in [2.45, 2.75) is 87.0 Å². The van der Waals surface area contributed by atoms with Crippen LogP contribution in [0.25, 0.3) is 5.70 Å². The topological polar surface area (TPSA) is 7.68 Å². The van der Waals surface area contributed by atoms with Crippen LogP contribution in [0.1, 0.15) is 105 Å². The van der Waals surface area contributed by atoms with Crippen LogP contribution in [0.3, 0.4) is 0 Å². The maximum absolute atomic E-state index is 2.57. The van der Waals surface area contributed by atoms with Crippen LogP contribution in [-0.4, -0.2) is 11.6 Å². The number of hydrogen-bond acceptors (Lipinski definition) is 1. The fourth-order valence-electron chi connectivity index (χ4n) is 5.86. The maximum Gasteiger partial charge on any atom is 0.166 e. The van der Waals surface area contributed by atoms with E-state index in [0.29, 0.717) is 17.8 Å². The second-order valence-electron chi connectivity index (χ2n) is 11.3. The summed E-state index contributed by atoms with van der Waals surface area (Å²) in [4.78, 5) is 4.05. The van der Waals surface area contributed by atoms with Crippen LogP contribution >= 0.6 is 0 Å². The van der Waals surface area contributed by atoms with Crippen molar-refractivity contribution < 1.29 is 17.3 Å². The average Bonchev–Trinajstić information content (AvgIpc) is 3.08. The van der Waals surface area contributed by atoms with E-state index in [1.165, 1.54) is 66.6 Å². The second kappa shape index (κ2) is 10.4. The molecular formula is C32H43ClN2. The SMILES string of the molecule is CC1=C2C=CC=C(c3c(C(C)C)cc(C(C)C)cc3C(C)C)N2C[NH+]1c1c(C)cc(C)cc1C.[Cl-]. The summed E-state index contributed by atoms with van der Waals surface area (Å²) >= 11 is 0. The molecule has 2 heterocycles. The Balaban J connectivity index is 0.00000342. The van der Waals surface area contributed by atoms with Gasteiger partial charge in [0.1, 0.15) is 17.1 Å². The molecule has 0 saturated carbocycles. The minimum Gasteiger partial charge on any atom is -1.00 e. The van der Waals surface area contributed by atoms with Crippen molar-refractivity contribution in [2.75, 3.05) is 6.67 Å². The fraction of sp³-hybridized carbons (Fsp3) is 0.438. The maximum atomic E-state index is 2.57. The number of benzene rings is 2. The molecule has 188 valence electrons. The first kappa shape index (κ1) is 27.3. The van der Waals surface area contributed by atoms with Crippen LogP contribution in [0.15, 0.2) is 53.9 Å². The Kier molecular flexibility index (Phi) is 8.09. The van der Waals surface area contributed by atoms with E-state index in [9.17, 15) is 0 Å². The van der Waals surface area contributed by atoms with Gasteiger partial charge in [-0.3, -0.25) is 9.80 Å². The Morgan fingerprint density at radius 1 is 0.771 bits per heavy atom. The normalized spacial score (nSPS) is 17.5. The summed E-state index contributed by atoms with van der Waals surface area (Å²) in [7, 11) is 0. The first-order chi connectivity index (χ1) is 16.0. The van der Waals surface area contributed by atoms with Crippen molar-refractivity contribution in [3.05, 3.63) is 92.8 Å². The molecule has 0 radical (unpaired) electrons. The molecule has 3 heteroatoms. The summed E-state index contributed by atoms with van der Waals surface area (Å²) in [5.74, 6) is 1.47. The summed E-state index contributed by atoms with van der Waals surface area (Å²) in [6.45, 7) is 24.0. The number of rotatable bonds is 5. The van der Waals surface area contributed by atoms with Crippen LogP contribution in [0.2, 0.25) is 0 Å². The van der Waals surface area contributed by atoms with E-state index < -0.39 is 0 Å². The van der Waals surface area contributed by atoms with E-state index in [0.717, 1.165) is 6.67 Å². The lowest BCUT2D eigenvalue weighted by Crippen LogP contribution is -3.04. The minimum atomic E-state index is 0. The molecule has 0 bridgehead atoms. The molecule has 2 aliphatic heterocycles. The Morgan fingerprint density at radius 2 is 1.31 bits per heavy atom. The summed E-state index contributed by atoms with van der Waals surface area (Å²) in [5.41, 5.74) is 15.5. The standard InChI is InChI=1S/C32H42N2.ClH/c1-19(2)26-16-27(20(3)4)31(28(17-26)21(5)6)30-13-11-12-29-25(10)33(18-34(29)30)32-23(8)14-22(7)15-24(32)9;/h11-17,19-21H,18H2,1-10H3;1H. The predicted molar refractivity (Wildman–Crippen MR) is 147 cm³/mol. The number of allylic oxidation sites excluding steroid dienone is 4. The van der Waals surface area contributed by atoms with Crippen molar-refractivity contribution in [2.24, 2.45) is 0 Å². The third-order valence-corrected chi connectivity index (χ3v) is 7.61. The molecule has 0 saturated heterocycles. The molecule has 0 spiro atoms. The fourth-order valence-corrected chi connectivity index (χ4v) is 5.86. The Morgan fingerprint density at radius 3 is 1.80 bits per heavy atom. The van der Waals surface area contributed by atoms with Gasteiger partial charge in [0.2, 0.25) is 0 Å². The summed E-state index contributed by atoms with van der Waals surface area (Å²) in [5, 5.41) is 0. The van der Waals surface area contributed by atoms with Crippen LogP contribution < -0.4 is 17.3 Å². The molecular weight excluding hydrogens is 448 g/mol. The van der Waals surface area contributed by atoms with Gasteiger partial charge in [-0.15, -0.1) is 0 Å².